The lowest BCUT2D eigenvalue weighted by atomic mass is 9.97. The van der Waals surface area contributed by atoms with Gasteiger partial charge in [0.1, 0.15) is 9.77 Å². The van der Waals surface area contributed by atoms with Crippen molar-refractivity contribution in [2.45, 2.75) is 56.1 Å². The third-order valence-electron chi connectivity index (χ3n) is 5.79. The Labute approximate surface area is 176 Å². The summed E-state index contributed by atoms with van der Waals surface area (Å²) in [4.78, 5) is 13.2. The lowest BCUT2D eigenvalue weighted by Gasteiger charge is -2.33. The normalized spacial score (nSPS) is 22.8. The average molecular weight is 434 g/mol. The summed E-state index contributed by atoms with van der Waals surface area (Å²) in [5, 5.41) is 8.00. The van der Waals surface area contributed by atoms with E-state index in [1.807, 2.05) is 25.1 Å². The molecule has 2 aliphatic rings. The topological polar surface area (TPSA) is 78.5 Å². The fraction of sp³-hybridized carbons (Fsp3) is 0.476. The molecule has 1 unspecified atom stereocenters. The van der Waals surface area contributed by atoms with Crippen LogP contribution < -0.4 is 10.6 Å². The minimum atomic E-state index is -3.76. The van der Waals surface area contributed by atoms with Crippen molar-refractivity contribution in [3.63, 3.8) is 0 Å². The summed E-state index contributed by atoms with van der Waals surface area (Å²) in [5.41, 5.74) is 2.22. The van der Waals surface area contributed by atoms with Crippen LogP contribution in [0.3, 0.4) is 0 Å². The monoisotopic (exact) mass is 433 g/mol. The fourth-order valence-corrected chi connectivity index (χ4v) is 7.09. The van der Waals surface area contributed by atoms with Crippen molar-refractivity contribution in [1.29, 1.82) is 0 Å². The SMILES string of the molecule is CC1Cc2ccccc2CN1S(=O)(=O)c1ccsc1C(=O)NC[C@H]1CCCCN1. The smallest absolute Gasteiger partial charge is 0.262 e. The van der Waals surface area contributed by atoms with Crippen LogP contribution in [0.1, 0.15) is 47.0 Å². The molecule has 6 nitrogen and oxygen atoms in total. The van der Waals surface area contributed by atoms with Crippen LogP contribution in [0.15, 0.2) is 40.6 Å². The molecule has 156 valence electrons. The van der Waals surface area contributed by atoms with Crippen LogP contribution >= 0.6 is 11.3 Å². The molecule has 1 amide bonds. The predicted octanol–water partition coefficient (Wildman–Crippen LogP) is 2.76. The van der Waals surface area contributed by atoms with Gasteiger partial charge in [-0.15, -0.1) is 11.3 Å². The summed E-state index contributed by atoms with van der Waals surface area (Å²) in [5.74, 6) is -0.309. The van der Waals surface area contributed by atoms with Gasteiger partial charge in [-0.1, -0.05) is 30.7 Å². The summed E-state index contributed by atoms with van der Waals surface area (Å²) in [6, 6.07) is 9.60. The highest BCUT2D eigenvalue weighted by Gasteiger charge is 2.36. The Balaban J connectivity index is 1.52. The molecule has 2 N–H and O–H groups in total. The van der Waals surface area contributed by atoms with Gasteiger partial charge in [-0.2, -0.15) is 4.31 Å². The highest BCUT2D eigenvalue weighted by atomic mass is 32.2. The van der Waals surface area contributed by atoms with Crippen molar-refractivity contribution in [3.8, 4) is 0 Å². The highest BCUT2D eigenvalue weighted by Crippen LogP contribution is 2.32. The highest BCUT2D eigenvalue weighted by molar-refractivity contribution is 7.89. The van der Waals surface area contributed by atoms with E-state index in [2.05, 4.69) is 16.7 Å². The number of piperidine rings is 1. The van der Waals surface area contributed by atoms with Gasteiger partial charge in [0.15, 0.2) is 0 Å². The molecule has 29 heavy (non-hydrogen) atoms. The summed E-state index contributed by atoms with van der Waals surface area (Å²) in [6.07, 6.45) is 4.02. The van der Waals surface area contributed by atoms with Crippen molar-refractivity contribution in [2.24, 2.45) is 0 Å². The Morgan fingerprint density at radius 1 is 1.24 bits per heavy atom. The Morgan fingerprint density at radius 2 is 2.03 bits per heavy atom. The van der Waals surface area contributed by atoms with Crippen LogP contribution in [0, 0.1) is 0 Å². The van der Waals surface area contributed by atoms with Gasteiger partial charge in [0.25, 0.3) is 5.91 Å². The predicted molar refractivity (Wildman–Crippen MR) is 115 cm³/mol. The molecule has 0 radical (unpaired) electrons. The Hall–Kier alpha value is -1.74. The second-order valence-corrected chi connectivity index (χ2v) is 10.6. The maximum atomic E-state index is 13.4. The second-order valence-electron chi connectivity index (χ2n) is 7.84. The van der Waals surface area contributed by atoms with E-state index in [-0.39, 0.29) is 27.8 Å². The van der Waals surface area contributed by atoms with Crippen molar-refractivity contribution < 1.29 is 13.2 Å². The number of carbonyl (C=O) groups is 1. The van der Waals surface area contributed by atoms with Gasteiger partial charge in [-0.05, 0) is 55.3 Å². The molecular formula is C21H27N3O3S2. The molecule has 1 aromatic carbocycles. The van der Waals surface area contributed by atoms with Crippen LogP contribution in [0.2, 0.25) is 0 Å². The van der Waals surface area contributed by atoms with Gasteiger partial charge < -0.3 is 10.6 Å². The van der Waals surface area contributed by atoms with Crippen LogP contribution in [-0.2, 0) is 23.0 Å². The summed E-state index contributed by atoms with van der Waals surface area (Å²) >= 11 is 1.18. The quantitative estimate of drug-likeness (QED) is 0.760. The molecule has 2 aliphatic heterocycles. The number of nitrogens with one attached hydrogen (secondary N) is 2. The first-order valence-electron chi connectivity index (χ1n) is 10.1. The molecule has 2 aromatic rings. The molecule has 0 bridgehead atoms. The summed E-state index contributed by atoms with van der Waals surface area (Å²) in [6.45, 7) is 3.74. The first-order valence-corrected chi connectivity index (χ1v) is 12.5. The lowest BCUT2D eigenvalue weighted by Crippen LogP contribution is -2.44. The maximum absolute atomic E-state index is 13.4. The molecule has 2 atom stereocenters. The third kappa shape index (κ3) is 4.26. The molecule has 0 spiro atoms. The number of benzene rings is 1. The lowest BCUT2D eigenvalue weighted by molar-refractivity contribution is 0.0948. The number of fused-ring (bicyclic) bond motifs is 1. The summed E-state index contributed by atoms with van der Waals surface area (Å²) < 4.78 is 28.4. The van der Waals surface area contributed by atoms with Crippen LogP contribution in [0.5, 0.6) is 0 Å². The van der Waals surface area contributed by atoms with Crippen molar-refractivity contribution in [2.75, 3.05) is 13.1 Å². The van der Waals surface area contributed by atoms with Gasteiger partial charge >= 0.3 is 0 Å². The van der Waals surface area contributed by atoms with Crippen LogP contribution in [-0.4, -0.2) is 43.8 Å². The van der Waals surface area contributed by atoms with E-state index in [0.717, 1.165) is 31.4 Å². The zero-order chi connectivity index (χ0) is 20.4. The number of nitrogens with zero attached hydrogens (tertiary/aromatic N) is 1. The van der Waals surface area contributed by atoms with E-state index in [4.69, 9.17) is 0 Å². The van der Waals surface area contributed by atoms with E-state index < -0.39 is 10.0 Å². The number of hydrogen-bond acceptors (Lipinski definition) is 5. The van der Waals surface area contributed by atoms with Crippen molar-refractivity contribution in [1.82, 2.24) is 14.9 Å². The molecule has 8 heteroatoms. The zero-order valence-electron chi connectivity index (χ0n) is 16.6. The third-order valence-corrected chi connectivity index (χ3v) is 8.84. The van der Waals surface area contributed by atoms with Gasteiger partial charge in [0.2, 0.25) is 10.0 Å². The molecular weight excluding hydrogens is 406 g/mol. The Bertz CT molecular complexity index is 981. The van der Waals surface area contributed by atoms with E-state index in [9.17, 15) is 13.2 Å². The molecule has 0 aliphatic carbocycles. The minimum absolute atomic E-state index is 0.114. The molecule has 1 aromatic heterocycles. The molecule has 4 rings (SSSR count). The Morgan fingerprint density at radius 3 is 2.79 bits per heavy atom. The van der Waals surface area contributed by atoms with Gasteiger partial charge in [-0.25, -0.2) is 8.42 Å². The summed E-state index contributed by atoms with van der Waals surface area (Å²) in [7, 11) is -3.76. The van der Waals surface area contributed by atoms with Gasteiger partial charge in [0, 0.05) is 25.2 Å². The minimum Gasteiger partial charge on any atom is -0.350 e. The van der Waals surface area contributed by atoms with Crippen molar-refractivity contribution in [3.05, 3.63) is 51.7 Å². The van der Waals surface area contributed by atoms with E-state index in [0.29, 0.717) is 19.5 Å². The molecule has 1 fully saturated rings. The number of thiophene rings is 1. The van der Waals surface area contributed by atoms with E-state index in [1.54, 1.807) is 11.4 Å². The largest absolute Gasteiger partial charge is 0.350 e. The molecule has 3 heterocycles. The number of amides is 1. The van der Waals surface area contributed by atoms with Crippen LogP contribution in [0.25, 0.3) is 0 Å². The van der Waals surface area contributed by atoms with Gasteiger partial charge in [0.05, 0.1) is 0 Å². The first-order chi connectivity index (χ1) is 14.0. The number of carbonyl (C=O) groups excluding carboxylic acids is 1. The number of hydrogen-bond donors (Lipinski definition) is 2. The Kier molecular flexibility index (Phi) is 6.06. The standard InChI is InChI=1S/C21H27N3O3S2/c1-15-12-16-6-2-3-7-17(16)14-24(15)29(26,27)19-9-11-28-20(19)21(25)23-13-18-8-4-5-10-22-18/h2-3,6-7,9,11,15,18,22H,4-5,8,10,12-14H2,1H3,(H,23,25)/t15?,18-/m1/s1. The molecule has 1 saturated heterocycles. The first kappa shape index (κ1) is 20.5. The average Bonchev–Trinajstić information content (AvgIpc) is 3.23. The maximum Gasteiger partial charge on any atom is 0.262 e. The molecule has 0 saturated carbocycles. The van der Waals surface area contributed by atoms with Crippen molar-refractivity contribution >= 4 is 27.3 Å². The van der Waals surface area contributed by atoms with Crippen LogP contribution in [0.4, 0.5) is 0 Å². The zero-order valence-corrected chi connectivity index (χ0v) is 18.2. The van der Waals surface area contributed by atoms with E-state index >= 15 is 0 Å². The van der Waals surface area contributed by atoms with Gasteiger partial charge in [-0.3, -0.25) is 4.79 Å². The van der Waals surface area contributed by atoms with E-state index in [1.165, 1.54) is 21.2 Å². The number of rotatable bonds is 5. The number of sulfonamides is 1. The fourth-order valence-electron chi connectivity index (χ4n) is 4.16. The second kappa shape index (κ2) is 8.55.